The van der Waals surface area contributed by atoms with Gasteiger partial charge in [0.25, 0.3) is 12.9 Å². The fraction of sp³-hybridized carbons (Fsp3) is 0.133. The van der Waals surface area contributed by atoms with Crippen LogP contribution in [-0.2, 0) is 4.57 Å². The lowest BCUT2D eigenvalue weighted by molar-refractivity contribution is 0.106. The molecule has 0 aromatic heterocycles. The molecule has 0 saturated carbocycles. The summed E-state index contributed by atoms with van der Waals surface area (Å²) in [6.45, 7) is 3.54. The second kappa shape index (κ2) is 5.12. The van der Waals surface area contributed by atoms with Crippen LogP contribution in [0.4, 0.5) is 0 Å². The van der Waals surface area contributed by atoms with Crippen molar-refractivity contribution in [3.8, 4) is 0 Å². The fourth-order valence-corrected chi connectivity index (χ4v) is 3.52. The molecular weight excluding hydrogens is 259 g/mol. The molecule has 19 heavy (non-hydrogen) atoms. The Morgan fingerprint density at radius 1 is 0.947 bits per heavy atom. The van der Waals surface area contributed by atoms with Gasteiger partial charge in [-0.25, -0.2) is 0 Å². The first-order valence-electron chi connectivity index (χ1n) is 5.94. The van der Waals surface area contributed by atoms with E-state index >= 15 is 0 Å². The van der Waals surface area contributed by atoms with Gasteiger partial charge in [-0.2, -0.15) is 0 Å². The zero-order valence-electron chi connectivity index (χ0n) is 10.8. The molecule has 2 aromatic rings. The lowest BCUT2D eigenvalue weighted by atomic mass is 10.0. The molecule has 0 bridgehead atoms. The minimum Gasteiger partial charge on any atom is -0.336 e. The van der Waals surface area contributed by atoms with Crippen molar-refractivity contribution >= 4 is 18.2 Å². The largest absolute Gasteiger partial charge is 0.336 e. The third-order valence-electron chi connectivity index (χ3n) is 3.08. The van der Waals surface area contributed by atoms with Crippen molar-refractivity contribution in [1.82, 2.24) is 0 Å². The molecule has 0 heterocycles. The van der Waals surface area contributed by atoms with E-state index in [9.17, 15) is 14.3 Å². The first-order chi connectivity index (χ1) is 8.94. The molecule has 1 atom stereocenters. The van der Waals surface area contributed by atoms with Crippen LogP contribution in [-0.4, -0.2) is 10.4 Å². The van der Waals surface area contributed by atoms with Crippen LogP contribution in [0.25, 0.3) is 0 Å². The van der Waals surface area contributed by atoms with E-state index in [1.54, 1.807) is 44.2 Å². The van der Waals surface area contributed by atoms with Crippen LogP contribution in [0.3, 0.4) is 0 Å². The molecule has 1 unspecified atom stereocenters. The van der Waals surface area contributed by atoms with Gasteiger partial charge in [-0.3, -0.25) is 9.36 Å². The molecule has 0 spiro atoms. The maximum absolute atomic E-state index is 12.4. The van der Waals surface area contributed by atoms with Gasteiger partial charge in [0.15, 0.2) is 0 Å². The van der Waals surface area contributed by atoms with Crippen LogP contribution >= 0.6 is 7.37 Å². The Balaban J connectivity index is 2.54. The highest BCUT2D eigenvalue weighted by molar-refractivity contribution is 7.82. The van der Waals surface area contributed by atoms with Gasteiger partial charge in [-0.05, 0) is 37.1 Å². The van der Waals surface area contributed by atoms with E-state index in [0.29, 0.717) is 5.56 Å². The summed E-state index contributed by atoms with van der Waals surface area (Å²) in [5.74, 6) is 0. The molecule has 3 nitrogen and oxygen atoms in total. The number of carbonyl (C=O) groups excluding carboxylic acids is 1. The normalized spacial score (nSPS) is 13.8. The first kappa shape index (κ1) is 13.7. The summed E-state index contributed by atoms with van der Waals surface area (Å²) in [5, 5.41) is 0.169. The maximum Gasteiger partial charge on any atom is 0.298 e. The Kier molecular flexibility index (Phi) is 3.70. The lowest BCUT2D eigenvalue weighted by Crippen LogP contribution is -2.14. The van der Waals surface area contributed by atoms with Gasteiger partial charge in [-0.1, -0.05) is 36.4 Å². The summed E-state index contributed by atoms with van der Waals surface area (Å²) in [7, 11) is -4.05. The van der Waals surface area contributed by atoms with Gasteiger partial charge in [0.05, 0.1) is 0 Å². The molecule has 2 rings (SSSR count). The van der Waals surface area contributed by atoms with Gasteiger partial charge in [0, 0.05) is 10.9 Å². The highest BCUT2D eigenvalue weighted by Crippen LogP contribution is 2.44. The molecule has 0 amide bonds. The van der Waals surface area contributed by atoms with Gasteiger partial charge in [0.1, 0.15) is 0 Å². The topological polar surface area (TPSA) is 54.4 Å². The number of benzene rings is 2. The Labute approximate surface area is 112 Å². The molecule has 98 valence electrons. The highest BCUT2D eigenvalue weighted by atomic mass is 31.2. The SMILES string of the molecule is Cc1cccc(C)c1C(=O)P(=O)(O)c1ccccc1. The van der Waals surface area contributed by atoms with Crippen molar-refractivity contribution < 1.29 is 14.3 Å². The summed E-state index contributed by atoms with van der Waals surface area (Å²) in [4.78, 5) is 22.6. The molecule has 4 heteroatoms. The summed E-state index contributed by atoms with van der Waals surface area (Å²) in [6, 6.07) is 13.4. The van der Waals surface area contributed by atoms with Gasteiger partial charge in [0.2, 0.25) is 0 Å². The van der Waals surface area contributed by atoms with Crippen LogP contribution in [0, 0.1) is 13.8 Å². The Morgan fingerprint density at radius 3 is 2.00 bits per heavy atom. The zero-order chi connectivity index (χ0) is 14.0. The highest BCUT2D eigenvalue weighted by Gasteiger charge is 2.33. The number of rotatable bonds is 3. The van der Waals surface area contributed by atoms with E-state index in [0.717, 1.165) is 11.1 Å². The maximum atomic E-state index is 12.4. The van der Waals surface area contributed by atoms with E-state index in [4.69, 9.17) is 0 Å². The number of carbonyl (C=O) groups is 1. The Hall–Kier alpha value is -1.70. The predicted molar refractivity (Wildman–Crippen MR) is 76.1 cm³/mol. The Morgan fingerprint density at radius 2 is 1.47 bits per heavy atom. The average molecular weight is 274 g/mol. The van der Waals surface area contributed by atoms with Gasteiger partial charge in [-0.15, -0.1) is 0 Å². The summed E-state index contributed by atoms with van der Waals surface area (Å²) < 4.78 is 12.4. The van der Waals surface area contributed by atoms with E-state index in [1.807, 2.05) is 6.07 Å². The molecule has 0 aliphatic carbocycles. The van der Waals surface area contributed by atoms with Crippen molar-refractivity contribution in [2.24, 2.45) is 0 Å². The molecule has 0 aliphatic rings. The minimum atomic E-state index is -4.05. The summed E-state index contributed by atoms with van der Waals surface area (Å²) >= 11 is 0. The number of hydrogen-bond donors (Lipinski definition) is 1. The van der Waals surface area contributed by atoms with Crippen LogP contribution in [0.15, 0.2) is 48.5 Å². The van der Waals surface area contributed by atoms with Crippen molar-refractivity contribution in [2.75, 3.05) is 0 Å². The van der Waals surface area contributed by atoms with Crippen LogP contribution in [0.5, 0.6) is 0 Å². The number of aryl methyl sites for hydroxylation is 2. The van der Waals surface area contributed by atoms with Crippen LogP contribution in [0.2, 0.25) is 0 Å². The predicted octanol–water partition coefficient (Wildman–Crippen LogP) is 3.04. The van der Waals surface area contributed by atoms with E-state index in [-0.39, 0.29) is 5.30 Å². The smallest absolute Gasteiger partial charge is 0.298 e. The average Bonchev–Trinajstić information content (AvgIpc) is 2.39. The number of hydrogen-bond acceptors (Lipinski definition) is 2. The molecule has 0 radical (unpaired) electrons. The lowest BCUT2D eigenvalue weighted by Gasteiger charge is -2.14. The Bertz CT molecular complexity index is 642. The second-order valence-electron chi connectivity index (χ2n) is 4.48. The summed E-state index contributed by atoms with van der Waals surface area (Å²) in [6.07, 6.45) is 0. The van der Waals surface area contributed by atoms with E-state index in [1.165, 1.54) is 12.1 Å². The monoisotopic (exact) mass is 274 g/mol. The molecule has 0 fully saturated rings. The quantitative estimate of drug-likeness (QED) is 0.875. The van der Waals surface area contributed by atoms with Gasteiger partial charge >= 0.3 is 0 Å². The molecule has 2 aromatic carbocycles. The molecule has 0 saturated heterocycles. The van der Waals surface area contributed by atoms with E-state index in [2.05, 4.69) is 0 Å². The fourth-order valence-electron chi connectivity index (χ4n) is 2.05. The van der Waals surface area contributed by atoms with Crippen LogP contribution in [0.1, 0.15) is 21.5 Å². The minimum absolute atomic E-state index is 0.169. The third-order valence-corrected chi connectivity index (χ3v) is 4.85. The summed E-state index contributed by atoms with van der Waals surface area (Å²) in [5.41, 5.74) is 1.08. The molecule has 0 aliphatic heterocycles. The zero-order valence-corrected chi connectivity index (χ0v) is 11.7. The van der Waals surface area contributed by atoms with E-state index < -0.39 is 12.9 Å². The standard InChI is InChI=1S/C15H15O3P/c1-11-7-6-8-12(2)14(11)15(16)19(17,18)13-9-4-3-5-10-13/h3-10H,1-2H3,(H,17,18). The molecule has 1 N–H and O–H groups in total. The first-order valence-corrected chi connectivity index (χ1v) is 7.60. The van der Waals surface area contributed by atoms with Crippen molar-refractivity contribution in [2.45, 2.75) is 13.8 Å². The van der Waals surface area contributed by atoms with Crippen molar-refractivity contribution in [3.63, 3.8) is 0 Å². The van der Waals surface area contributed by atoms with Gasteiger partial charge < -0.3 is 4.89 Å². The van der Waals surface area contributed by atoms with Crippen molar-refractivity contribution in [3.05, 3.63) is 65.2 Å². The molecular formula is C15H15O3P. The third kappa shape index (κ3) is 2.53. The van der Waals surface area contributed by atoms with Crippen LogP contribution < -0.4 is 5.30 Å². The van der Waals surface area contributed by atoms with Crippen molar-refractivity contribution in [1.29, 1.82) is 0 Å². The second-order valence-corrected chi connectivity index (χ2v) is 6.56.